The van der Waals surface area contributed by atoms with Crippen molar-refractivity contribution in [2.75, 3.05) is 9.80 Å². The van der Waals surface area contributed by atoms with Crippen molar-refractivity contribution in [1.29, 1.82) is 0 Å². The number of anilines is 6. The molecule has 0 N–H and O–H groups in total. The number of thiophene rings is 1. The van der Waals surface area contributed by atoms with Crippen molar-refractivity contribution in [3.05, 3.63) is 266 Å². The summed E-state index contributed by atoms with van der Waals surface area (Å²) >= 11 is 1.88. The number of rotatable bonds is 8. The highest BCUT2D eigenvalue weighted by atomic mass is 32.1. The smallest absolute Gasteiger partial charge is 0.0465 e. The first-order valence-electron chi connectivity index (χ1n) is 24.9. The van der Waals surface area contributed by atoms with Gasteiger partial charge in [-0.1, -0.05) is 184 Å². The van der Waals surface area contributed by atoms with Gasteiger partial charge in [-0.3, -0.25) is 0 Å². The van der Waals surface area contributed by atoms with Crippen molar-refractivity contribution >= 4 is 98.0 Å². The predicted molar refractivity (Wildman–Crippen MR) is 310 cm³/mol. The van der Waals surface area contributed by atoms with Crippen molar-refractivity contribution in [1.82, 2.24) is 0 Å². The lowest BCUT2D eigenvalue weighted by atomic mass is 9.82. The van der Waals surface area contributed by atoms with E-state index in [1.165, 1.54) is 97.0 Å². The third-order valence-electron chi connectivity index (χ3n) is 15.2. The van der Waals surface area contributed by atoms with E-state index in [0.29, 0.717) is 0 Å². The lowest BCUT2D eigenvalue weighted by Crippen LogP contribution is -2.17. The monoisotopic (exact) mass is 936 g/mol. The van der Waals surface area contributed by atoms with Crippen molar-refractivity contribution in [2.24, 2.45) is 0 Å². The lowest BCUT2D eigenvalue weighted by molar-refractivity contribution is 0.660. The maximum atomic E-state index is 2.44. The highest BCUT2D eigenvalue weighted by molar-refractivity contribution is 7.26. The summed E-state index contributed by atoms with van der Waals surface area (Å²) in [4.78, 5) is 4.80. The highest BCUT2D eigenvalue weighted by Crippen LogP contribution is 2.53. The molecule has 0 amide bonds. The molecule has 1 aromatic heterocycles. The summed E-state index contributed by atoms with van der Waals surface area (Å²) in [5, 5.41) is 10.4. The first-order valence-corrected chi connectivity index (χ1v) is 25.7. The first-order chi connectivity index (χ1) is 35.5. The van der Waals surface area contributed by atoms with E-state index in [2.05, 4.69) is 278 Å². The Morgan fingerprint density at radius 3 is 1.25 bits per heavy atom. The van der Waals surface area contributed by atoms with Gasteiger partial charge in [0.05, 0.1) is 0 Å². The van der Waals surface area contributed by atoms with Gasteiger partial charge in [-0.25, -0.2) is 0 Å². The Labute approximate surface area is 423 Å². The van der Waals surface area contributed by atoms with Crippen LogP contribution in [0.15, 0.2) is 255 Å². The Hall–Kier alpha value is -8.76. The molecular formula is C69H48N2S. The number of nitrogens with zero attached hydrogens (tertiary/aromatic N) is 2. The van der Waals surface area contributed by atoms with Gasteiger partial charge < -0.3 is 9.80 Å². The zero-order valence-corrected chi connectivity index (χ0v) is 40.9. The Kier molecular flexibility index (Phi) is 9.77. The van der Waals surface area contributed by atoms with Crippen LogP contribution in [0, 0.1) is 0 Å². The second-order valence-electron chi connectivity index (χ2n) is 19.7. The fourth-order valence-corrected chi connectivity index (χ4v) is 12.9. The normalized spacial score (nSPS) is 12.7. The zero-order valence-electron chi connectivity index (χ0n) is 40.1. The zero-order chi connectivity index (χ0) is 47.9. The molecule has 1 aliphatic rings. The van der Waals surface area contributed by atoms with Crippen molar-refractivity contribution in [3.8, 4) is 33.4 Å². The van der Waals surface area contributed by atoms with Crippen molar-refractivity contribution in [3.63, 3.8) is 0 Å². The van der Waals surface area contributed by atoms with Crippen molar-refractivity contribution in [2.45, 2.75) is 19.3 Å². The van der Waals surface area contributed by atoms with Gasteiger partial charge in [0.15, 0.2) is 0 Å². The minimum Gasteiger partial charge on any atom is -0.310 e. The largest absolute Gasteiger partial charge is 0.310 e. The molecule has 13 aromatic rings. The second kappa shape index (κ2) is 16.7. The van der Waals surface area contributed by atoms with Crippen molar-refractivity contribution < 1.29 is 0 Å². The van der Waals surface area contributed by atoms with E-state index in [1.807, 2.05) is 11.3 Å². The molecule has 3 heteroatoms. The number of benzene rings is 12. The number of hydrogen-bond donors (Lipinski definition) is 0. The topological polar surface area (TPSA) is 6.48 Å². The standard InChI is InChI=1S/C69H48N2S/c1-69(2)65-43-52(70(48-16-5-3-6-17-48)49-18-7-4-8-19-49)37-40-60(65)61-41-38-53(44-66(61)69)71(51-35-30-46(31-36-51)54-25-15-26-63-62-24-13-14-27-67(62)72-68(54)63)50-33-28-45(29-34-50)47-32-39-59-57-22-10-9-20-55(57)56-21-11-12-23-58(56)64(59)42-47/h3-44H,1-2H3. The summed E-state index contributed by atoms with van der Waals surface area (Å²) in [6.45, 7) is 4.78. The molecule has 1 heterocycles. The third-order valence-corrected chi connectivity index (χ3v) is 16.5. The molecule has 14 rings (SSSR count). The van der Waals surface area contributed by atoms with Gasteiger partial charge in [0, 0.05) is 59.7 Å². The number of hydrogen-bond acceptors (Lipinski definition) is 3. The van der Waals surface area contributed by atoms with E-state index in [0.717, 1.165) is 34.1 Å². The molecule has 12 aromatic carbocycles. The Morgan fingerprint density at radius 2 is 0.694 bits per heavy atom. The minimum atomic E-state index is -0.260. The van der Waals surface area contributed by atoms with Crippen LogP contribution < -0.4 is 9.80 Å². The molecular weight excluding hydrogens is 889 g/mol. The van der Waals surface area contributed by atoms with Crippen LogP contribution >= 0.6 is 11.3 Å². The molecule has 72 heavy (non-hydrogen) atoms. The van der Waals surface area contributed by atoms with Crippen LogP contribution in [0.5, 0.6) is 0 Å². The molecule has 0 spiro atoms. The maximum absolute atomic E-state index is 2.44. The summed E-state index contributed by atoms with van der Waals surface area (Å²) in [5.74, 6) is 0. The average molecular weight is 937 g/mol. The molecule has 0 atom stereocenters. The molecule has 0 radical (unpaired) electrons. The SMILES string of the molecule is CC1(C)c2cc(N(c3ccccc3)c3ccccc3)ccc2-c2ccc(N(c3ccc(-c4ccc5c6ccccc6c6ccccc6c5c4)cc3)c3ccc(-c4cccc5c4sc4ccccc45)cc3)cc21. The van der Waals surface area contributed by atoms with Gasteiger partial charge >= 0.3 is 0 Å². The van der Waals surface area contributed by atoms with Gasteiger partial charge in [0.25, 0.3) is 0 Å². The average Bonchev–Trinajstić information content (AvgIpc) is 3.93. The van der Waals surface area contributed by atoms with Crippen LogP contribution in [-0.4, -0.2) is 0 Å². The minimum absolute atomic E-state index is 0.260. The Morgan fingerprint density at radius 1 is 0.278 bits per heavy atom. The quantitative estimate of drug-likeness (QED) is 0.140. The van der Waals surface area contributed by atoms with Crippen LogP contribution in [0.25, 0.3) is 85.9 Å². The van der Waals surface area contributed by atoms with Crippen LogP contribution in [0.2, 0.25) is 0 Å². The molecule has 0 unspecified atom stereocenters. The Balaban J connectivity index is 0.875. The van der Waals surface area contributed by atoms with E-state index in [1.54, 1.807) is 0 Å². The summed E-state index contributed by atoms with van der Waals surface area (Å²) in [7, 11) is 0. The number of para-hydroxylation sites is 2. The van der Waals surface area contributed by atoms with E-state index in [4.69, 9.17) is 0 Å². The predicted octanol–water partition coefficient (Wildman–Crippen LogP) is 20.1. The summed E-state index contributed by atoms with van der Waals surface area (Å²) < 4.78 is 2.65. The van der Waals surface area contributed by atoms with Gasteiger partial charge in [0.2, 0.25) is 0 Å². The summed E-state index contributed by atoms with van der Waals surface area (Å²) in [6, 6.07) is 94.0. The first kappa shape index (κ1) is 42.1. The van der Waals surface area contributed by atoms with Gasteiger partial charge in [-0.2, -0.15) is 0 Å². The fraction of sp³-hybridized carbons (Fsp3) is 0.0435. The maximum Gasteiger partial charge on any atom is 0.0465 e. The second-order valence-corrected chi connectivity index (χ2v) is 20.7. The van der Waals surface area contributed by atoms with Gasteiger partial charge in [0.1, 0.15) is 0 Å². The van der Waals surface area contributed by atoms with E-state index in [-0.39, 0.29) is 5.41 Å². The van der Waals surface area contributed by atoms with Crippen LogP contribution in [0.4, 0.5) is 34.1 Å². The molecule has 2 nitrogen and oxygen atoms in total. The lowest BCUT2D eigenvalue weighted by Gasteiger charge is -2.29. The van der Waals surface area contributed by atoms with Crippen LogP contribution in [-0.2, 0) is 5.41 Å². The molecule has 0 fully saturated rings. The van der Waals surface area contributed by atoms with Gasteiger partial charge in [-0.15, -0.1) is 11.3 Å². The van der Waals surface area contributed by atoms with E-state index >= 15 is 0 Å². The molecule has 0 saturated heterocycles. The van der Waals surface area contributed by atoms with Crippen LogP contribution in [0.1, 0.15) is 25.0 Å². The summed E-state index contributed by atoms with van der Waals surface area (Å²) in [5.41, 5.74) is 16.6. The third kappa shape index (κ3) is 6.77. The summed E-state index contributed by atoms with van der Waals surface area (Å²) in [6.07, 6.45) is 0. The highest BCUT2D eigenvalue weighted by Gasteiger charge is 2.37. The van der Waals surface area contributed by atoms with E-state index in [9.17, 15) is 0 Å². The molecule has 340 valence electrons. The van der Waals surface area contributed by atoms with Gasteiger partial charge in [-0.05, 0) is 162 Å². The molecule has 0 bridgehead atoms. The molecule has 1 aliphatic carbocycles. The fourth-order valence-electron chi connectivity index (χ4n) is 11.7. The van der Waals surface area contributed by atoms with Crippen LogP contribution in [0.3, 0.4) is 0 Å². The molecule has 0 saturated carbocycles. The Bertz CT molecular complexity index is 4150. The molecule has 0 aliphatic heterocycles. The number of fused-ring (bicyclic) bond motifs is 12. The van der Waals surface area contributed by atoms with E-state index < -0.39 is 0 Å².